The second kappa shape index (κ2) is 8.13. The van der Waals surface area contributed by atoms with Crippen LogP contribution in [0.25, 0.3) is 0 Å². The normalized spacial score (nSPS) is 12.3. The molecule has 0 bridgehead atoms. The van der Waals surface area contributed by atoms with Gasteiger partial charge in [-0.25, -0.2) is 0 Å². The van der Waals surface area contributed by atoms with Crippen molar-refractivity contribution in [3.05, 3.63) is 60.7 Å². The Labute approximate surface area is 140 Å². The van der Waals surface area contributed by atoms with Crippen molar-refractivity contribution in [2.45, 2.75) is 20.3 Å². The van der Waals surface area contributed by atoms with Crippen LogP contribution in [0.3, 0.4) is 0 Å². The Kier molecular flexibility index (Phi) is 6.45. The number of rotatable bonds is 8. The van der Waals surface area contributed by atoms with Crippen LogP contribution in [0, 0.1) is 0 Å². The molecule has 0 unspecified atom stereocenters. The predicted molar refractivity (Wildman–Crippen MR) is 103 cm³/mol. The summed E-state index contributed by atoms with van der Waals surface area (Å²) < 4.78 is 26.4. The van der Waals surface area contributed by atoms with Crippen molar-refractivity contribution >= 4 is 24.9 Å². The van der Waals surface area contributed by atoms with Crippen LogP contribution in [-0.2, 0) is 9.13 Å². The second-order valence-electron chi connectivity index (χ2n) is 5.90. The van der Waals surface area contributed by atoms with Crippen LogP contribution in [0.15, 0.2) is 60.7 Å². The van der Waals surface area contributed by atoms with E-state index >= 15 is 0 Å². The maximum atomic E-state index is 13.8. The Morgan fingerprint density at radius 1 is 0.696 bits per heavy atom. The number of benzene rings is 2. The molecule has 4 heteroatoms. The fourth-order valence-electron chi connectivity index (χ4n) is 2.87. The molecule has 0 heterocycles. The topological polar surface area (TPSA) is 34.1 Å². The van der Waals surface area contributed by atoms with Gasteiger partial charge in [0.15, 0.2) is 0 Å². The van der Waals surface area contributed by atoms with Gasteiger partial charge in [0, 0.05) is 22.9 Å². The smallest absolute Gasteiger partial charge is 0.143 e. The Balaban J connectivity index is 2.26. The molecule has 0 atom stereocenters. The average Bonchev–Trinajstić information content (AvgIpc) is 2.63. The van der Waals surface area contributed by atoms with Gasteiger partial charge >= 0.3 is 0 Å². The molecule has 0 saturated carbocycles. The zero-order chi connectivity index (χ0) is 16.8. The molecule has 0 fully saturated rings. The summed E-state index contributed by atoms with van der Waals surface area (Å²) in [5.41, 5.74) is 0. The minimum absolute atomic E-state index is 0.588. The summed E-state index contributed by atoms with van der Waals surface area (Å²) in [6.45, 7) is 4.00. The molecule has 0 amide bonds. The van der Waals surface area contributed by atoms with E-state index < -0.39 is 14.3 Å². The average molecular weight is 348 g/mol. The first-order valence-corrected chi connectivity index (χ1v) is 12.5. The second-order valence-corrected chi connectivity index (χ2v) is 12.7. The van der Waals surface area contributed by atoms with E-state index in [0.717, 1.165) is 29.4 Å². The van der Waals surface area contributed by atoms with Crippen LogP contribution < -0.4 is 10.6 Å². The van der Waals surface area contributed by atoms with Crippen molar-refractivity contribution in [2.24, 2.45) is 0 Å². The van der Waals surface area contributed by atoms with Crippen LogP contribution in [0.1, 0.15) is 20.3 Å². The van der Waals surface area contributed by atoms with E-state index in [4.69, 9.17) is 0 Å². The third-order valence-corrected chi connectivity index (χ3v) is 11.2. The summed E-state index contributed by atoms with van der Waals surface area (Å²) in [6, 6.07) is 19.5. The summed E-state index contributed by atoms with van der Waals surface area (Å²) in [7, 11) is -4.72. The highest BCUT2D eigenvalue weighted by Gasteiger charge is 2.28. The maximum absolute atomic E-state index is 13.8. The highest BCUT2D eigenvalue weighted by Crippen LogP contribution is 2.49. The minimum atomic E-state index is -2.65. The van der Waals surface area contributed by atoms with E-state index in [0.29, 0.717) is 12.3 Å². The van der Waals surface area contributed by atoms with Crippen molar-refractivity contribution < 1.29 is 9.13 Å². The first-order valence-electron chi connectivity index (χ1n) is 8.31. The standard InChI is InChI=1S/C19H26O2P2/c1-3-22(20,4-2)16-11-17-23(21,18-12-7-5-8-13-18)19-14-9-6-10-15-19/h5-10,12-15H,3-4,11,16-17H2,1-2H3. The molecule has 0 spiro atoms. The fraction of sp³-hybridized carbons (Fsp3) is 0.368. The molecule has 0 radical (unpaired) electrons. The lowest BCUT2D eigenvalue weighted by Gasteiger charge is -2.21. The summed E-state index contributed by atoms with van der Waals surface area (Å²) in [6.07, 6.45) is 3.52. The molecule has 23 heavy (non-hydrogen) atoms. The van der Waals surface area contributed by atoms with E-state index in [-0.39, 0.29) is 0 Å². The van der Waals surface area contributed by atoms with E-state index in [2.05, 4.69) is 0 Å². The van der Waals surface area contributed by atoms with Crippen LogP contribution in [0.2, 0.25) is 0 Å². The zero-order valence-electron chi connectivity index (χ0n) is 14.0. The zero-order valence-corrected chi connectivity index (χ0v) is 15.8. The van der Waals surface area contributed by atoms with Gasteiger partial charge < -0.3 is 9.13 Å². The number of hydrogen-bond donors (Lipinski definition) is 0. The molecule has 0 aliphatic rings. The number of hydrogen-bond acceptors (Lipinski definition) is 2. The summed E-state index contributed by atoms with van der Waals surface area (Å²) in [5, 5.41) is 1.79. The van der Waals surface area contributed by atoms with Crippen molar-refractivity contribution in [3.8, 4) is 0 Å². The molecule has 124 valence electrons. The van der Waals surface area contributed by atoms with Gasteiger partial charge in [0.05, 0.1) is 7.14 Å². The molecule has 0 saturated heterocycles. The van der Waals surface area contributed by atoms with E-state index in [1.807, 2.05) is 74.5 Å². The van der Waals surface area contributed by atoms with Gasteiger partial charge in [0.1, 0.15) is 7.14 Å². The van der Waals surface area contributed by atoms with Gasteiger partial charge in [-0.3, -0.25) is 0 Å². The third kappa shape index (κ3) is 4.46. The lowest BCUT2D eigenvalue weighted by molar-refractivity contribution is 0.574. The monoisotopic (exact) mass is 348 g/mol. The largest absolute Gasteiger partial charge is 0.324 e. The van der Waals surface area contributed by atoms with Gasteiger partial charge in [-0.1, -0.05) is 74.5 Å². The lowest BCUT2D eigenvalue weighted by Crippen LogP contribution is -2.19. The Morgan fingerprint density at radius 3 is 1.52 bits per heavy atom. The van der Waals surface area contributed by atoms with E-state index in [1.54, 1.807) is 0 Å². The molecule has 0 aliphatic heterocycles. The van der Waals surface area contributed by atoms with Crippen LogP contribution >= 0.6 is 14.3 Å². The summed E-state index contributed by atoms with van der Waals surface area (Å²) >= 11 is 0. The van der Waals surface area contributed by atoms with Crippen molar-refractivity contribution in [2.75, 3.05) is 24.6 Å². The molecule has 2 aromatic carbocycles. The Hall–Kier alpha value is -1.10. The van der Waals surface area contributed by atoms with Gasteiger partial charge in [-0.15, -0.1) is 0 Å². The predicted octanol–water partition coefficient (Wildman–Crippen LogP) is 4.79. The van der Waals surface area contributed by atoms with Gasteiger partial charge in [-0.2, -0.15) is 0 Å². The van der Waals surface area contributed by atoms with Crippen molar-refractivity contribution in [1.82, 2.24) is 0 Å². The van der Waals surface area contributed by atoms with Crippen LogP contribution in [0.4, 0.5) is 0 Å². The maximum Gasteiger partial charge on any atom is 0.143 e. The quantitative estimate of drug-likeness (QED) is 0.643. The highest BCUT2D eigenvalue weighted by atomic mass is 31.2. The summed E-state index contributed by atoms with van der Waals surface area (Å²) in [5.74, 6) is 0. The molecule has 2 aromatic rings. The highest BCUT2D eigenvalue weighted by molar-refractivity contribution is 7.78. The SMILES string of the molecule is CCP(=O)(CC)CCCP(=O)(c1ccccc1)c1ccccc1. The van der Waals surface area contributed by atoms with Crippen molar-refractivity contribution in [3.63, 3.8) is 0 Å². The summed E-state index contributed by atoms with van der Waals surface area (Å²) in [4.78, 5) is 0. The molecule has 0 N–H and O–H groups in total. The fourth-order valence-corrected chi connectivity index (χ4v) is 7.66. The molecular formula is C19H26O2P2. The molecular weight excluding hydrogens is 322 g/mol. The molecule has 2 nitrogen and oxygen atoms in total. The van der Waals surface area contributed by atoms with Crippen molar-refractivity contribution in [1.29, 1.82) is 0 Å². The molecule has 0 aromatic heterocycles. The Bertz CT molecular complexity index is 644. The lowest BCUT2D eigenvalue weighted by atomic mass is 10.4. The van der Waals surface area contributed by atoms with Crippen LogP contribution in [-0.4, -0.2) is 24.6 Å². The first kappa shape index (κ1) is 18.2. The van der Waals surface area contributed by atoms with E-state index in [9.17, 15) is 9.13 Å². The minimum Gasteiger partial charge on any atom is -0.324 e. The van der Waals surface area contributed by atoms with Gasteiger partial charge in [-0.05, 0) is 18.7 Å². The Morgan fingerprint density at radius 2 is 1.13 bits per heavy atom. The molecule has 2 rings (SSSR count). The van der Waals surface area contributed by atoms with E-state index in [1.165, 1.54) is 0 Å². The molecule has 0 aliphatic carbocycles. The van der Waals surface area contributed by atoms with Gasteiger partial charge in [0.2, 0.25) is 0 Å². The van der Waals surface area contributed by atoms with Crippen LogP contribution in [0.5, 0.6) is 0 Å². The first-order chi connectivity index (χ1) is 11.0. The van der Waals surface area contributed by atoms with Gasteiger partial charge in [0.25, 0.3) is 0 Å². The third-order valence-electron chi connectivity index (χ3n) is 4.54.